The predicted molar refractivity (Wildman–Crippen MR) is 98.4 cm³/mol. The van der Waals surface area contributed by atoms with Crippen molar-refractivity contribution in [2.75, 3.05) is 0 Å². The third-order valence-electron chi connectivity index (χ3n) is 3.96. The van der Waals surface area contributed by atoms with E-state index in [0.29, 0.717) is 0 Å². The minimum atomic E-state index is -0.944. The Morgan fingerprint density at radius 2 is 1.46 bits per heavy atom. The lowest BCUT2D eigenvalue weighted by atomic mass is 10.0. The van der Waals surface area contributed by atoms with E-state index in [1.54, 1.807) is 42.5 Å². The molecular formula is C21H14O7. The van der Waals surface area contributed by atoms with Crippen LogP contribution in [0.5, 0.6) is 11.5 Å². The molecule has 0 atom stereocenters. The summed E-state index contributed by atoms with van der Waals surface area (Å²) in [6, 6.07) is 17.6. The SMILES string of the molecule is O=C(O)c1cccc(-c2ccc(O)cc2)c1.O=C1OC(=O)c2c(O)cccc21. The molecule has 3 aromatic carbocycles. The molecule has 0 unspecified atom stereocenters. The number of hydrogen-bond acceptors (Lipinski definition) is 6. The van der Waals surface area contributed by atoms with Crippen LogP contribution in [-0.2, 0) is 4.74 Å². The first kappa shape index (κ1) is 18.7. The number of phenols is 2. The van der Waals surface area contributed by atoms with E-state index in [0.717, 1.165) is 11.1 Å². The summed E-state index contributed by atoms with van der Waals surface area (Å²) >= 11 is 0. The van der Waals surface area contributed by atoms with Gasteiger partial charge in [0.1, 0.15) is 17.1 Å². The summed E-state index contributed by atoms with van der Waals surface area (Å²) in [5.41, 5.74) is 2.04. The van der Waals surface area contributed by atoms with Crippen LogP contribution >= 0.6 is 0 Å². The molecule has 140 valence electrons. The van der Waals surface area contributed by atoms with E-state index < -0.39 is 17.9 Å². The third kappa shape index (κ3) is 3.83. The van der Waals surface area contributed by atoms with E-state index in [2.05, 4.69) is 4.74 Å². The van der Waals surface area contributed by atoms with Crippen LogP contribution in [-0.4, -0.2) is 33.2 Å². The van der Waals surface area contributed by atoms with Crippen LogP contribution in [0.3, 0.4) is 0 Å². The van der Waals surface area contributed by atoms with Crippen molar-refractivity contribution in [1.82, 2.24) is 0 Å². The molecule has 4 rings (SSSR count). The Labute approximate surface area is 159 Å². The van der Waals surface area contributed by atoms with Crippen LogP contribution < -0.4 is 0 Å². The summed E-state index contributed by atoms with van der Waals surface area (Å²) in [6.07, 6.45) is 0. The second-order valence-corrected chi connectivity index (χ2v) is 5.81. The molecule has 0 aromatic heterocycles. The predicted octanol–water partition coefficient (Wildman–Crippen LogP) is 3.46. The Kier molecular flexibility index (Phi) is 5.08. The van der Waals surface area contributed by atoms with Gasteiger partial charge in [0.2, 0.25) is 0 Å². The van der Waals surface area contributed by atoms with Crippen LogP contribution in [0.15, 0.2) is 66.7 Å². The van der Waals surface area contributed by atoms with Crippen LogP contribution in [0.2, 0.25) is 0 Å². The lowest BCUT2D eigenvalue weighted by Crippen LogP contribution is -1.97. The molecule has 1 heterocycles. The van der Waals surface area contributed by atoms with Gasteiger partial charge in [-0.25, -0.2) is 14.4 Å². The van der Waals surface area contributed by atoms with E-state index in [1.807, 2.05) is 6.07 Å². The molecule has 0 bridgehead atoms. The van der Waals surface area contributed by atoms with Crippen molar-refractivity contribution in [1.29, 1.82) is 0 Å². The smallest absolute Gasteiger partial charge is 0.350 e. The van der Waals surface area contributed by atoms with Crippen molar-refractivity contribution >= 4 is 17.9 Å². The lowest BCUT2D eigenvalue weighted by molar-refractivity contribution is 0.0442. The number of carbonyl (C=O) groups is 3. The number of rotatable bonds is 2. The number of aromatic hydroxyl groups is 2. The molecule has 28 heavy (non-hydrogen) atoms. The number of aromatic carboxylic acids is 1. The van der Waals surface area contributed by atoms with Crippen molar-refractivity contribution in [3.8, 4) is 22.6 Å². The molecule has 3 N–H and O–H groups in total. The second-order valence-electron chi connectivity index (χ2n) is 5.81. The van der Waals surface area contributed by atoms with Crippen LogP contribution in [0, 0.1) is 0 Å². The van der Waals surface area contributed by atoms with Gasteiger partial charge in [0.05, 0.1) is 11.1 Å². The van der Waals surface area contributed by atoms with Gasteiger partial charge >= 0.3 is 17.9 Å². The number of esters is 2. The van der Waals surface area contributed by atoms with E-state index in [4.69, 9.17) is 15.3 Å². The average molecular weight is 378 g/mol. The fraction of sp³-hybridized carbons (Fsp3) is 0. The Hall–Kier alpha value is -4.13. The Morgan fingerprint density at radius 1 is 0.786 bits per heavy atom. The zero-order valence-electron chi connectivity index (χ0n) is 14.3. The minimum absolute atomic E-state index is 0.0394. The first-order valence-corrected chi connectivity index (χ1v) is 8.08. The first-order chi connectivity index (χ1) is 13.4. The molecule has 0 amide bonds. The summed E-state index contributed by atoms with van der Waals surface area (Å²) < 4.78 is 4.27. The topological polar surface area (TPSA) is 121 Å². The number of phenolic OH excluding ortho intramolecular Hbond substituents is 2. The van der Waals surface area contributed by atoms with Crippen LogP contribution in [0.25, 0.3) is 11.1 Å². The van der Waals surface area contributed by atoms with Crippen LogP contribution in [0.1, 0.15) is 31.1 Å². The first-order valence-electron chi connectivity index (χ1n) is 8.08. The minimum Gasteiger partial charge on any atom is -0.508 e. The number of hydrogen-bond donors (Lipinski definition) is 3. The standard InChI is InChI=1S/C13H10O3.C8H4O4/c14-12-6-4-9(5-7-12)10-2-1-3-11(8-10)13(15)16;9-5-3-1-2-4-6(5)8(11)12-7(4)10/h1-8,14H,(H,15,16);1-3,9H. The molecule has 7 nitrogen and oxygen atoms in total. The highest BCUT2D eigenvalue weighted by Gasteiger charge is 2.31. The van der Waals surface area contributed by atoms with E-state index in [9.17, 15) is 14.4 Å². The summed E-state index contributed by atoms with van der Waals surface area (Å²) in [4.78, 5) is 32.6. The molecule has 0 saturated carbocycles. The van der Waals surface area contributed by atoms with Gasteiger partial charge in [0.15, 0.2) is 0 Å². The number of cyclic esters (lactones) is 2. The molecule has 1 aliphatic heterocycles. The normalized spacial score (nSPS) is 11.9. The van der Waals surface area contributed by atoms with Crippen molar-refractivity contribution in [3.05, 3.63) is 83.4 Å². The largest absolute Gasteiger partial charge is 0.508 e. The second kappa shape index (κ2) is 7.63. The van der Waals surface area contributed by atoms with Crippen molar-refractivity contribution in [2.24, 2.45) is 0 Å². The van der Waals surface area contributed by atoms with Gasteiger partial charge in [0, 0.05) is 0 Å². The third-order valence-corrected chi connectivity index (χ3v) is 3.96. The highest BCUT2D eigenvalue weighted by molar-refractivity contribution is 6.16. The number of ether oxygens (including phenoxy) is 1. The Bertz CT molecular complexity index is 1070. The van der Waals surface area contributed by atoms with Gasteiger partial charge in [-0.05, 0) is 47.5 Å². The summed E-state index contributed by atoms with van der Waals surface area (Å²) in [5, 5.41) is 27.2. The van der Waals surface area contributed by atoms with Gasteiger partial charge in [-0.15, -0.1) is 0 Å². The van der Waals surface area contributed by atoms with E-state index >= 15 is 0 Å². The highest BCUT2D eigenvalue weighted by Crippen LogP contribution is 2.27. The molecular weight excluding hydrogens is 364 g/mol. The van der Waals surface area contributed by atoms with Gasteiger partial charge in [-0.1, -0.05) is 30.3 Å². The van der Waals surface area contributed by atoms with Crippen molar-refractivity contribution in [2.45, 2.75) is 0 Å². The zero-order chi connectivity index (χ0) is 20.3. The van der Waals surface area contributed by atoms with Gasteiger partial charge in [-0.3, -0.25) is 0 Å². The fourth-order valence-corrected chi connectivity index (χ4v) is 2.60. The van der Waals surface area contributed by atoms with E-state index in [-0.39, 0.29) is 28.2 Å². The summed E-state index contributed by atoms with van der Waals surface area (Å²) in [5.74, 6) is -2.46. The Morgan fingerprint density at radius 3 is 2.11 bits per heavy atom. The maximum atomic E-state index is 10.9. The number of carbonyl (C=O) groups excluding carboxylic acids is 2. The number of carboxylic acid groups (broad SMARTS) is 1. The molecule has 0 fully saturated rings. The molecule has 3 aromatic rings. The lowest BCUT2D eigenvalue weighted by Gasteiger charge is -2.03. The Balaban J connectivity index is 0.000000167. The van der Waals surface area contributed by atoms with Gasteiger partial charge in [-0.2, -0.15) is 0 Å². The van der Waals surface area contributed by atoms with Crippen LogP contribution in [0.4, 0.5) is 0 Å². The summed E-state index contributed by atoms with van der Waals surface area (Å²) in [7, 11) is 0. The number of benzene rings is 3. The summed E-state index contributed by atoms with van der Waals surface area (Å²) in [6.45, 7) is 0. The quantitative estimate of drug-likeness (QED) is 0.461. The maximum absolute atomic E-state index is 10.9. The number of fused-ring (bicyclic) bond motifs is 1. The molecule has 1 aliphatic rings. The maximum Gasteiger partial charge on any atom is 0.350 e. The number of carboxylic acids is 1. The zero-order valence-corrected chi connectivity index (χ0v) is 14.3. The van der Waals surface area contributed by atoms with E-state index in [1.165, 1.54) is 18.2 Å². The molecule has 7 heteroatoms. The highest BCUT2D eigenvalue weighted by atomic mass is 16.6. The van der Waals surface area contributed by atoms with Gasteiger partial charge < -0.3 is 20.1 Å². The molecule has 0 saturated heterocycles. The molecule has 0 spiro atoms. The molecule has 0 radical (unpaired) electrons. The fourth-order valence-electron chi connectivity index (χ4n) is 2.60. The van der Waals surface area contributed by atoms with Gasteiger partial charge in [0.25, 0.3) is 0 Å². The van der Waals surface area contributed by atoms with Crippen molar-refractivity contribution in [3.63, 3.8) is 0 Å². The van der Waals surface area contributed by atoms with Crippen molar-refractivity contribution < 1.29 is 34.4 Å². The molecule has 0 aliphatic carbocycles. The monoisotopic (exact) mass is 378 g/mol. The average Bonchev–Trinajstić information content (AvgIpc) is 2.98.